The van der Waals surface area contributed by atoms with Crippen LogP contribution < -0.4 is 0 Å². The second-order valence-electron chi connectivity index (χ2n) is 2.78. The molecule has 0 aromatic rings. The Morgan fingerprint density at radius 1 is 1.12 bits per heavy atom. The minimum atomic E-state index is -0.757. The quantitative estimate of drug-likeness (QED) is 0.221. The molecule has 5 nitrogen and oxygen atoms in total. The normalized spacial score (nSPS) is 8.56. The fraction of sp³-hybridized carbons (Fsp3) is 0.500. The van der Waals surface area contributed by atoms with Crippen LogP contribution in [0.4, 0.5) is 0 Å². The summed E-state index contributed by atoms with van der Waals surface area (Å²) in [4.78, 5) is 32.2. The number of methoxy groups -OCH3 is 1. The molecule has 0 amide bonds. The van der Waals surface area contributed by atoms with Gasteiger partial charge in [-0.3, -0.25) is 9.59 Å². The van der Waals surface area contributed by atoms with Gasteiger partial charge < -0.3 is 9.47 Å². The second-order valence-corrected chi connectivity index (χ2v) is 2.78. The van der Waals surface area contributed by atoms with Gasteiger partial charge in [0.25, 0.3) is 0 Å². The van der Waals surface area contributed by atoms with E-state index in [1.807, 2.05) is 0 Å². The molecule has 0 N–H and O–H groups in total. The van der Waals surface area contributed by atoms with E-state index >= 15 is 0 Å². The molecule has 6 heteroatoms. The second kappa shape index (κ2) is 11.1. The molecular formula is C10H16CaO5. The van der Waals surface area contributed by atoms with Crippen molar-refractivity contribution in [2.75, 3.05) is 7.11 Å². The van der Waals surface area contributed by atoms with Crippen molar-refractivity contribution in [1.29, 1.82) is 0 Å². The van der Waals surface area contributed by atoms with Crippen molar-refractivity contribution in [2.24, 2.45) is 0 Å². The summed E-state index contributed by atoms with van der Waals surface area (Å²) < 4.78 is 8.74. The maximum absolute atomic E-state index is 10.9. The van der Waals surface area contributed by atoms with Crippen molar-refractivity contribution in [3.8, 4) is 0 Å². The van der Waals surface area contributed by atoms with E-state index in [0.717, 1.165) is 6.08 Å². The number of carbonyl (C=O) groups excluding carboxylic acids is 3. The van der Waals surface area contributed by atoms with Crippen LogP contribution in [0.1, 0.15) is 25.7 Å². The molecule has 0 unspecified atom stereocenters. The summed E-state index contributed by atoms with van der Waals surface area (Å²) >= 11 is 0. The third-order valence-electron chi connectivity index (χ3n) is 1.62. The summed E-state index contributed by atoms with van der Waals surface area (Å²) in [6, 6.07) is 0. The maximum atomic E-state index is 10.9. The number of rotatable bonds is 6. The molecule has 0 saturated heterocycles. The third kappa shape index (κ3) is 10.1. The number of carbonyl (C=O) groups is 3. The van der Waals surface area contributed by atoms with E-state index in [4.69, 9.17) is 0 Å². The zero-order valence-electron chi connectivity index (χ0n) is 8.65. The summed E-state index contributed by atoms with van der Waals surface area (Å²) in [6.45, 7) is 3.16. The molecule has 0 aromatic carbocycles. The molecule has 0 aliphatic carbocycles. The molecule has 0 rings (SSSR count). The molecular weight excluding hydrogens is 240 g/mol. The number of hydrogen-bond acceptors (Lipinski definition) is 5. The number of unbranched alkanes of at least 4 members (excludes halogenated alkanes) is 1. The molecule has 0 heterocycles. The van der Waals surface area contributed by atoms with Crippen LogP contribution in [0.25, 0.3) is 0 Å². The molecule has 0 bridgehead atoms. The SMILES string of the molecule is C=CC(=O)OC(=O)CCCCC(=O)OC.[CaH2]. The van der Waals surface area contributed by atoms with Gasteiger partial charge in [0, 0.05) is 18.9 Å². The zero-order valence-corrected chi connectivity index (χ0v) is 8.65. The van der Waals surface area contributed by atoms with Crippen LogP contribution >= 0.6 is 0 Å². The van der Waals surface area contributed by atoms with Gasteiger partial charge in [-0.05, 0) is 12.8 Å². The van der Waals surface area contributed by atoms with E-state index in [0.29, 0.717) is 12.8 Å². The van der Waals surface area contributed by atoms with Gasteiger partial charge in [0.1, 0.15) is 0 Å². The fourth-order valence-corrected chi connectivity index (χ4v) is 0.846. The van der Waals surface area contributed by atoms with Crippen molar-refractivity contribution in [2.45, 2.75) is 25.7 Å². The monoisotopic (exact) mass is 256 g/mol. The molecule has 0 spiro atoms. The molecule has 0 atom stereocenters. The topological polar surface area (TPSA) is 69.7 Å². The fourth-order valence-electron chi connectivity index (χ4n) is 0.846. The summed E-state index contributed by atoms with van der Waals surface area (Å²) in [6.07, 6.45) is 2.31. The van der Waals surface area contributed by atoms with Crippen molar-refractivity contribution in [1.82, 2.24) is 0 Å². The van der Waals surface area contributed by atoms with Gasteiger partial charge in [-0.25, -0.2) is 4.79 Å². The minimum absolute atomic E-state index is 0. The van der Waals surface area contributed by atoms with Crippen LogP contribution in [0.15, 0.2) is 12.7 Å². The Kier molecular flexibility index (Phi) is 12.5. The van der Waals surface area contributed by atoms with E-state index in [1.165, 1.54) is 7.11 Å². The number of ether oxygens (including phenoxy) is 2. The van der Waals surface area contributed by atoms with Crippen molar-refractivity contribution in [3.05, 3.63) is 12.7 Å². The van der Waals surface area contributed by atoms with Gasteiger partial charge >= 0.3 is 55.6 Å². The van der Waals surface area contributed by atoms with Gasteiger partial charge in [0.15, 0.2) is 0 Å². The van der Waals surface area contributed by atoms with Crippen molar-refractivity contribution < 1.29 is 23.9 Å². The molecule has 0 aromatic heterocycles. The number of esters is 3. The summed E-state index contributed by atoms with van der Waals surface area (Å²) in [7, 11) is 1.30. The molecule has 0 aliphatic heterocycles. The molecule has 16 heavy (non-hydrogen) atoms. The average molecular weight is 256 g/mol. The first-order valence-electron chi connectivity index (χ1n) is 4.54. The van der Waals surface area contributed by atoms with E-state index in [-0.39, 0.29) is 56.5 Å². The molecule has 0 radical (unpaired) electrons. The van der Waals surface area contributed by atoms with Crippen molar-refractivity contribution in [3.63, 3.8) is 0 Å². The Morgan fingerprint density at radius 3 is 2.06 bits per heavy atom. The molecule has 0 saturated carbocycles. The Hall–Kier alpha value is -0.390. The molecule has 0 fully saturated rings. The first kappa shape index (κ1) is 18.0. The van der Waals surface area contributed by atoms with Gasteiger partial charge in [-0.2, -0.15) is 0 Å². The van der Waals surface area contributed by atoms with Gasteiger partial charge in [0.05, 0.1) is 7.11 Å². The Bertz CT molecular complexity index is 262. The zero-order chi connectivity index (χ0) is 11.7. The summed E-state index contributed by atoms with van der Waals surface area (Å²) in [5, 5.41) is 0. The Morgan fingerprint density at radius 2 is 1.62 bits per heavy atom. The van der Waals surface area contributed by atoms with E-state index in [1.54, 1.807) is 0 Å². The van der Waals surface area contributed by atoms with Gasteiger partial charge in [-0.15, -0.1) is 0 Å². The van der Waals surface area contributed by atoms with Gasteiger partial charge in [-0.1, -0.05) is 6.58 Å². The van der Waals surface area contributed by atoms with E-state index < -0.39 is 11.9 Å². The standard InChI is InChI=1S/C10H14O5.Ca.2H/c1-3-8(11)15-10(13)7-5-4-6-9(12)14-2;;;/h3H,1,4-7H2,2H3;;;. The van der Waals surface area contributed by atoms with E-state index in [9.17, 15) is 14.4 Å². The first-order chi connectivity index (χ1) is 7.10. The van der Waals surface area contributed by atoms with Crippen LogP contribution in [0.5, 0.6) is 0 Å². The molecule has 0 aliphatic rings. The first-order valence-corrected chi connectivity index (χ1v) is 4.54. The summed E-state index contributed by atoms with van der Waals surface area (Å²) in [5.41, 5.74) is 0. The van der Waals surface area contributed by atoms with E-state index in [2.05, 4.69) is 16.1 Å². The predicted octanol–water partition coefficient (Wildman–Crippen LogP) is 0.0594. The van der Waals surface area contributed by atoms with Crippen LogP contribution in [0.3, 0.4) is 0 Å². The summed E-state index contributed by atoms with van der Waals surface area (Å²) in [5.74, 6) is -1.68. The average Bonchev–Trinajstić information content (AvgIpc) is 2.23. The third-order valence-corrected chi connectivity index (χ3v) is 1.62. The van der Waals surface area contributed by atoms with Crippen LogP contribution in [0, 0.1) is 0 Å². The van der Waals surface area contributed by atoms with Crippen LogP contribution in [-0.2, 0) is 23.9 Å². The van der Waals surface area contributed by atoms with Crippen molar-refractivity contribution >= 4 is 55.6 Å². The predicted molar refractivity (Wildman–Crippen MR) is 60.3 cm³/mol. The Labute approximate surface area is 124 Å². The van der Waals surface area contributed by atoms with Crippen LogP contribution in [-0.4, -0.2) is 62.8 Å². The molecule has 88 valence electrons. The van der Waals surface area contributed by atoms with Gasteiger partial charge in [0.2, 0.25) is 0 Å². The van der Waals surface area contributed by atoms with Crippen LogP contribution in [0.2, 0.25) is 0 Å². The number of hydrogen-bond donors (Lipinski definition) is 0. The Balaban J connectivity index is 0.